The number of carbonyl (C=O) groups is 1. The summed E-state index contributed by atoms with van der Waals surface area (Å²) in [5, 5.41) is 7.23. The van der Waals surface area contributed by atoms with E-state index in [-0.39, 0.29) is 11.8 Å². The van der Waals surface area contributed by atoms with E-state index < -0.39 is 0 Å². The Kier molecular flexibility index (Phi) is 6.11. The number of hydrogen-bond acceptors (Lipinski definition) is 9. The first-order chi connectivity index (χ1) is 16.2. The minimum absolute atomic E-state index is 0.0117. The third-order valence-corrected chi connectivity index (χ3v) is 6.30. The Balaban J connectivity index is 1.17. The van der Waals surface area contributed by atoms with Gasteiger partial charge in [0.1, 0.15) is 30.1 Å². The molecule has 0 aliphatic carbocycles. The third-order valence-electron chi connectivity index (χ3n) is 6.30. The van der Waals surface area contributed by atoms with Gasteiger partial charge in [0.25, 0.3) is 0 Å². The molecule has 33 heavy (non-hydrogen) atoms. The molecule has 172 valence electrons. The highest BCUT2D eigenvalue weighted by atomic mass is 16.2. The quantitative estimate of drug-likeness (QED) is 0.613. The number of aromatic nitrogens is 6. The van der Waals surface area contributed by atoms with Gasteiger partial charge in [0.15, 0.2) is 5.82 Å². The van der Waals surface area contributed by atoms with E-state index in [0.29, 0.717) is 5.82 Å². The standard InChI is InChI=1S/C22H28N10O/c1-29-9-11-31(12-10-29)19-13-18(23-15-24-19)28-22(33)17-3-7-30(8-4-17)20-14-21(26-16-25-20)32-6-2-5-27-32/h2,5-6,13-17H,3-4,7-12H2,1H3,(H,23,24,28,33). The Hall–Kier alpha value is -3.60. The van der Waals surface area contributed by atoms with Crippen LogP contribution >= 0.6 is 0 Å². The van der Waals surface area contributed by atoms with Gasteiger partial charge in [-0.05, 0) is 26.0 Å². The molecule has 1 amide bonds. The van der Waals surface area contributed by atoms with Crippen molar-refractivity contribution >= 4 is 23.4 Å². The zero-order chi connectivity index (χ0) is 22.6. The molecular weight excluding hydrogens is 420 g/mol. The Bertz CT molecular complexity index is 1070. The van der Waals surface area contributed by atoms with Gasteiger partial charge in [-0.1, -0.05) is 0 Å². The number of nitrogens with one attached hydrogen (secondary N) is 1. The van der Waals surface area contributed by atoms with E-state index in [1.807, 2.05) is 24.4 Å². The zero-order valence-corrected chi connectivity index (χ0v) is 18.7. The third kappa shape index (κ3) is 4.92. The van der Waals surface area contributed by atoms with Crippen molar-refractivity contribution in [1.29, 1.82) is 0 Å². The van der Waals surface area contributed by atoms with Crippen LogP contribution in [0.2, 0.25) is 0 Å². The second kappa shape index (κ2) is 9.49. The van der Waals surface area contributed by atoms with Crippen LogP contribution in [0.15, 0.2) is 43.2 Å². The number of rotatable bonds is 5. The molecule has 0 unspecified atom stereocenters. The molecule has 5 rings (SSSR count). The van der Waals surface area contributed by atoms with Crippen LogP contribution in [-0.4, -0.2) is 86.8 Å². The number of amides is 1. The van der Waals surface area contributed by atoms with Crippen molar-refractivity contribution in [2.24, 2.45) is 5.92 Å². The number of nitrogens with zero attached hydrogens (tertiary/aromatic N) is 9. The van der Waals surface area contributed by atoms with Crippen LogP contribution in [0.5, 0.6) is 0 Å². The van der Waals surface area contributed by atoms with Gasteiger partial charge in [-0.3, -0.25) is 4.79 Å². The van der Waals surface area contributed by atoms with Gasteiger partial charge in [0.2, 0.25) is 5.91 Å². The van der Waals surface area contributed by atoms with E-state index in [0.717, 1.165) is 69.6 Å². The molecular formula is C22H28N10O. The Morgan fingerprint density at radius 2 is 1.55 bits per heavy atom. The topological polar surface area (TPSA) is 108 Å². The number of hydrogen-bond donors (Lipinski definition) is 1. The first-order valence-electron chi connectivity index (χ1n) is 11.3. The molecule has 0 atom stereocenters. The fourth-order valence-electron chi connectivity index (χ4n) is 4.26. The minimum Gasteiger partial charge on any atom is -0.356 e. The highest BCUT2D eigenvalue weighted by Crippen LogP contribution is 2.24. The summed E-state index contributed by atoms with van der Waals surface area (Å²) in [6, 6.07) is 5.65. The summed E-state index contributed by atoms with van der Waals surface area (Å²) in [4.78, 5) is 37.0. The molecule has 2 saturated heterocycles. The van der Waals surface area contributed by atoms with Crippen LogP contribution in [0.4, 0.5) is 17.5 Å². The summed E-state index contributed by atoms with van der Waals surface area (Å²) in [7, 11) is 2.12. The van der Waals surface area contributed by atoms with Gasteiger partial charge in [-0.25, -0.2) is 24.6 Å². The summed E-state index contributed by atoms with van der Waals surface area (Å²) in [5.74, 6) is 2.95. The Morgan fingerprint density at radius 1 is 0.879 bits per heavy atom. The lowest BCUT2D eigenvalue weighted by molar-refractivity contribution is -0.120. The van der Waals surface area contributed by atoms with E-state index in [1.54, 1.807) is 17.2 Å². The Morgan fingerprint density at radius 3 is 2.27 bits per heavy atom. The summed E-state index contributed by atoms with van der Waals surface area (Å²) in [6.45, 7) is 5.35. The molecule has 0 spiro atoms. The van der Waals surface area contributed by atoms with Crippen LogP contribution in [0.1, 0.15) is 12.8 Å². The van der Waals surface area contributed by atoms with E-state index >= 15 is 0 Å². The predicted octanol–water partition coefficient (Wildman–Crippen LogP) is 1.06. The van der Waals surface area contributed by atoms with Crippen molar-refractivity contribution in [2.45, 2.75) is 12.8 Å². The van der Waals surface area contributed by atoms with Crippen LogP contribution in [0.25, 0.3) is 5.82 Å². The molecule has 0 saturated carbocycles. The van der Waals surface area contributed by atoms with Gasteiger partial charge in [-0.2, -0.15) is 5.10 Å². The largest absolute Gasteiger partial charge is 0.356 e. The molecule has 1 N–H and O–H groups in total. The average molecular weight is 449 g/mol. The first kappa shape index (κ1) is 21.3. The molecule has 3 aromatic rings. The van der Waals surface area contributed by atoms with Crippen molar-refractivity contribution in [3.63, 3.8) is 0 Å². The molecule has 2 aliphatic heterocycles. The number of carbonyl (C=O) groups excluding carboxylic acids is 1. The van der Waals surface area contributed by atoms with Crippen molar-refractivity contribution < 1.29 is 4.79 Å². The smallest absolute Gasteiger partial charge is 0.228 e. The first-order valence-corrected chi connectivity index (χ1v) is 11.3. The molecule has 0 radical (unpaired) electrons. The second-order valence-corrected chi connectivity index (χ2v) is 8.49. The SMILES string of the molecule is CN1CCN(c2cc(NC(=O)C3CCN(c4cc(-n5cccn5)ncn4)CC3)ncn2)CC1. The molecule has 11 heteroatoms. The average Bonchev–Trinajstić information content (AvgIpc) is 3.40. The molecule has 3 aromatic heterocycles. The summed E-state index contributed by atoms with van der Waals surface area (Å²) >= 11 is 0. The van der Waals surface area contributed by atoms with E-state index in [1.165, 1.54) is 6.33 Å². The van der Waals surface area contributed by atoms with Crippen LogP contribution < -0.4 is 15.1 Å². The normalized spacial score (nSPS) is 17.8. The van der Waals surface area contributed by atoms with Crippen LogP contribution in [0.3, 0.4) is 0 Å². The summed E-state index contributed by atoms with van der Waals surface area (Å²) in [5.41, 5.74) is 0. The van der Waals surface area contributed by atoms with Crippen molar-refractivity contribution in [1.82, 2.24) is 34.6 Å². The molecule has 11 nitrogen and oxygen atoms in total. The predicted molar refractivity (Wildman–Crippen MR) is 124 cm³/mol. The highest BCUT2D eigenvalue weighted by molar-refractivity contribution is 5.92. The number of likely N-dealkylation sites (N-methyl/N-ethyl adjacent to an activating group) is 1. The fourth-order valence-corrected chi connectivity index (χ4v) is 4.26. The van der Waals surface area contributed by atoms with Gasteiger partial charge in [-0.15, -0.1) is 0 Å². The zero-order valence-electron chi connectivity index (χ0n) is 18.7. The molecule has 0 aromatic carbocycles. The lowest BCUT2D eigenvalue weighted by atomic mass is 9.96. The molecule has 2 fully saturated rings. The van der Waals surface area contributed by atoms with Crippen LogP contribution in [0, 0.1) is 5.92 Å². The lowest BCUT2D eigenvalue weighted by Crippen LogP contribution is -2.44. The monoisotopic (exact) mass is 448 g/mol. The highest BCUT2D eigenvalue weighted by Gasteiger charge is 2.26. The van der Waals surface area contributed by atoms with E-state index in [2.05, 4.69) is 52.1 Å². The second-order valence-electron chi connectivity index (χ2n) is 8.49. The molecule has 0 bridgehead atoms. The number of piperazine rings is 1. The van der Waals surface area contributed by atoms with Gasteiger partial charge in [0, 0.05) is 69.7 Å². The van der Waals surface area contributed by atoms with Crippen molar-refractivity contribution in [3.8, 4) is 5.82 Å². The number of piperidine rings is 1. The van der Waals surface area contributed by atoms with Gasteiger partial charge in [0.05, 0.1) is 0 Å². The van der Waals surface area contributed by atoms with Crippen molar-refractivity contribution in [3.05, 3.63) is 43.2 Å². The van der Waals surface area contributed by atoms with Crippen molar-refractivity contribution in [2.75, 3.05) is 61.4 Å². The van der Waals surface area contributed by atoms with E-state index in [4.69, 9.17) is 0 Å². The summed E-state index contributed by atoms with van der Waals surface area (Å²) in [6.07, 6.45) is 8.16. The van der Waals surface area contributed by atoms with Crippen LogP contribution in [-0.2, 0) is 4.79 Å². The van der Waals surface area contributed by atoms with E-state index in [9.17, 15) is 4.79 Å². The molecule has 5 heterocycles. The fraction of sp³-hybridized carbons (Fsp3) is 0.455. The van der Waals surface area contributed by atoms with Gasteiger partial charge < -0.3 is 20.0 Å². The minimum atomic E-state index is -0.0595. The molecule has 2 aliphatic rings. The summed E-state index contributed by atoms with van der Waals surface area (Å²) < 4.78 is 1.71. The van der Waals surface area contributed by atoms with Gasteiger partial charge >= 0.3 is 0 Å². The maximum atomic E-state index is 12.9. The lowest BCUT2D eigenvalue weighted by Gasteiger charge is -2.33. The maximum absolute atomic E-state index is 12.9. The number of anilines is 3. The Labute approximate surface area is 192 Å². The maximum Gasteiger partial charge on any atom is 0.228 e.